The summed E-state index contributed by atoms with van der Waals surface area (Å²) in [5, 5.41) is 6.68. The standard InChI is InChI=1S/C9H16N4S/c1-6-3-2-4-7(5-6)13-8(10)11-12-9(13)14/h6-7H,2-5H2,1H3,(H2,10,11)(H,12,14). The minimum absolute atomic E-state index is 0.449. The van der Waals surface area contributed by atoms with E-state index >= 15 is 0 Å². The van der Waals surface area contributed by atoms with Crippen LogP contribution in [0, 0.1) is 10.7 Å². The zero-order chi connectivity index (χ0) is 10.1. The smallest absolute Gasteiger partial charge is 0.220 e. The fraction of sp³-hybridized carbons (Fsp3) is 0.778. The molecule has 5 heteroatoms. The van der Waals surface area contributed by atoms with Gasteiger partial charge in [-0.2, -0.15) is 0 Å². The molecular formula is C9H16N4S. The van der Waals surface area contributed by atoms with Crippen LogP contribution >= 0.6 is 12.2 Å². The number of nitrogens with zero attached hydrogens (tertiary/aromatic N) is 2. The number of rotatable bonds is 1. The molecular weight excluding hydrogens is 196 g/mol. The highest BCUT2D eigenvalue weighted by Crippen LogP contribution is 2.33. The Morgan fingerprint density at radius 3 is 2.93 bits per heavy atom. The van der Waals surface area contributed by atoms with Crippen molar-refractivity contribution in [2.24, 2.45) is 5.92 Å². The number of nitrogens with two attached hydrogens (primary N) is 1. The molecule has 0 amide bonds. The maximum absolute atomic E-state index is 5.77. The van der Waals surface area contributed by atoms with Gasteiger partial charge in [-0.3, -0.25) is 4.57 Å². The third-order valence-corrected chi connectivity index (χ3v) is 3.29. The highest BCUT2D eigenvalue weighted by Gasteiger charge is 2.22. The van der Waals surface area contributed by atoms with Gasteiger partial charge in [0.2, 0.25) is 5.95 Å². The number of hydrogen-bond acceptors (Lipinski definition) is 3. The molecule has 0 saturated heterocycles. The Morgan fingerprint density at radius 2 is 2.36 bits per heavy atom. The quantitative estimate of drug-likeness (QED) is 0.702. The summed E-state index contributed by atoms with van der Waals surface area (Å²) in [4.78, 5) is 0. The van der Waals surface area contributed by atoms with E-state index in [1.807, 2.05) is 4.57 Å². The van der Waals surface area contributed by atoms with Crippen molar-refractivity contribution in [2.75, 3.05) is 5.73 Å². The monoisotopic (exact) mass is 212 g/mol. The van der Waals surface area contributed by atoms with E-state index in [1.165, 1.54) is 19.3 Å². The zero-order valence-electron chi connectivity index (χ0n) is 8.36. The van der Waals surface area contributed by atoms with E-state index in [-0.39, 0.29) is 0 Å². The summed E-state index contributed by atoms with van der Waals surface area (Å²) in [5.74, 6) is 1.29. The minimum Gasteiger partial charge on any atom is -0.368 e. The highest BCUT2D eigenvalue weighted by atomic mass is 32.1. The van der Waals surface area contributed by atoms with E-state index in [9.17, 15) is 0 Å². The summed E-state index contributed by atoms with van der Waals surface area (Å²) in [6, 6.07) is 0.449. The van der Waals surface area contributed by atoms with Gasteiger partial charge in [-0.15, -0.1) is 5.10 Å². The first-order valence-corrected chi connectivity index (χ1v) is 5.51. The average Bonchev–Trinajstić information content (AvgIpc) is 2.46. The summed E-state index contributed by atoms with van der Waals surface area (Å²) in [6.45, 7) is 2.28. The zero-order valence-corrected chi connectivity index (χ0v) is 9.18. The van der Waals surface area contributed by atoms with E-state index in [0.29, 0.717) is 16.8 Å². The van der Waals surface area contributed by atoms with Crippen LogP contribution in [0.15, 0.2) is 0 Å². The number of aromatic amines is 1. The van der Waals surface area contributed by atoms with Crippen molar-refractivity contribution in [2.45, 2.75) is 38.6 Å². The molecule has 1 aromatic heterocycles. The number of H-pyrrole nitrogens is 1. The van der Waals surface area contributed by atoms with Crippen molar-refractivity contribution in [1.82, 2.24) is 14.8 Å². The van der Waals surface area contributed by atoms with Crippen LogP contribution in [0.1, 0.15) is 38.6 Å². The molecule has 0 aliphatic heterocycles. The molecule has 78 valence electrons. The SMILES string of the molecule is CC1CCCC(n2c(N)n[nH]c2=S)C1. The summed E-state index contributed by atoms with van der Waals surface area (Å²) in [6.07, 6.45) is 4.92. The van der Waals surface area contributed by atoms with Crippen molar-refractivity contribution >= 4 is 18.2 Å². The molecule has 2 rings (SSSR count). The number of aromatic nitrogens is 3. The largest absolute Gasteiger partial charge is 0.368 e. The number of anilines is 1. The highest BCUT2D eigenvalue weighted by molar-refractivity contribution is 7.71. The maximum atomic E-state index is 5.77. The predicted octanol–water partition coefficient (Wildman–Crippen LogP) is 2.27. The van der Waals surface area contributed by atoms with E-state index in [1.54, 1.807) is 0 Å². The Balaban J connectivity index is 2.26. The molecule has 0 radical (unpaired) electrons. The second-order valence-corrected chi connectivity index (χ2v) is 4.57. The first-order chi connectivity index (χ1) is 6.68. The molecule has 1 heterocycles. The van der Waals surface area contributed by atoms with E-state index in [4.69, 9.17) is 18.0 Å². The second-order valence-electron chi connectivity index (χ2n) is 4.18. The van der Waals surface area contributed by atoms with Crippen LogP contribution in [0.5, 0.6) is 0 Å². The lowest BCUT2D eigenvalue weighted by Crippen LogP contribution is -2.19. The van der Waals surface area contributed by atoms with E-state index < -0.39 is 0 Å². The molecule has 2 atom stereocenters. The summed E-state index contributed by atoms with van der Waals surface area (Å²) in [7, 11) is 0. The Labute approximate surface area is 88.5 Å². The molecule has 1 aliphatic rings. The minimum atomic E-state index is 0.449. The summed E-state index contributed by atoms with van der Waals surface area (Å²) < 4.78 is 2.62. The van der Waals surface area contributed by atoms with E-state index in [2.05, 4.69) is 17.1 Å². The average molecular weight is 212 g/mol. The van der Waals surface area contributed by atoms with Crippen molar-refractivity contribution < 1.29 is 0 Å². The molecule has 14 heavy (non-hydrogen) atoms. The van der Waals surface area contributed by atoms with Crippen molar-refractivity contribution in [1.29, 1.82) is 0 Å². The van der Waals surface area contributed by atoms with Gasteiger partial charge >= 0.3 is 0 Å². The maximum Gasteiger partial charge on any atom is 0.220 e. The van der Waals surface area contributed by atoms with Crippen LogP contribution < -0.4 is 5.73 Å². The Hall–Kier alpha value is -0.840. The predicted molar refractivity (Wildman–Crippen MR) is 58.5 cm³/mol. The molecule has 0 aromatic carbocycles. The Bertz CT molecular complexity index is 367. The van der Waals surface area contributed by atoms with Gasteiger partial charge in [0.1, 0.15) is 0 Å². The molecule has 1 aliphatic carbocycles. The lowest BCUT2D eigenvalue weighted by atomic mass is 9.87. The van der Waals surface area contributed by atoms with Crippen LogP contribution in [0.25, 0.3) is 0 Å². The first kappa shape index (κ1) is 9.71. The van der Waals surface area contributed by atoms with Crippen molar-refractivity contribution in [3.63, 3.8) is 0 Å². The van der Waals surface area contributed by atoms with Crippen LogP contribution in [0.2, 0.25) is 0 Å². The number of nitrogen functional groups attached to an aromatic ring is 1. The number of hydrogen-bond donors (Lipinski definition) is 2. The fourth-order valence-electron chi connectivity index (χ4n) is 2.31. The van der Waals surface area contributed by atoms with Gasteiger partial charge in [-0.1, -0.05) is 19.8 Å². The topological polar surface area (TPSA) is 59.6 Å². The van der Waals surface area contributed by atoms with E-state index in [0.717, 1.165) is 12.3 Å². The molecule has 3 N–H and O–H groups in total. The van der Waals surface area contributed by atoms with Gasteiger partial charge in [0.15, 0.2) is 4.77 Å². The first-order valence-electron chi connectivity index (χ1n) is 5.11. The Kier molecular flexibility index (Phi) is 2.58. The molecule has 0 bridgehead atoms. The Morgan fingerprint density at radius 1 is 1.57 bits per heavy atom. The molecule has 0 spiro atoms. The second kappa shape index (κ2) is 3.73. The lowest BCUT2D eigenvalue weighted by Gasteiger charge is -2.27. The lowest BCUT2D eigenvalue weighted by molar-refractivity contribution is 0.282. The van der Waals surface area contributed by atoms with Crippen molar-refractivity contribution in [3.8, 4) is 0 Å². The van der Waals surface area contributed by atoms with Gasteiger partial charge in [-0.25, -0.2) is 5.10 Å². The molecule has 2 unspecified atom stereocenters. The fourth-order valence-corrected chi connectivity index (χ4v) is 2.59. The molecule has 1 fully saturated rings. The third-order valence-electron chi connectivity index (χ3n) is 3.01. The van der Waals surface area contributed by atoms with Gasteiger partial charge in [0.05, 0.1) is 0 Å². The number of nitrogens with one attached hydrogen (secondary N) is 1. The molecule has 4 nitrogen and oxygen atoms in total. The van der Waals surface area contributed by atoms with Gasteiger partial charge in [0, 0.05) is 6.04 Å². The van der Waals surface area contributed by atoms with Gasteiger partial charge in [0.25, 0.3) is 0 Å². The van der Waals surface area contributed by atoms with Crippen molar-refractivity contribution in [3.05, 3.63) is 4.77 Å². The van der Waals surface area contributed by atoms with Crippen LogP contribution in [0.3, 0.4) is 0 Å². The summed E-state index contributed by atoms with van der Waals surface area (Å²) in [5.41, 5.74) is 5.77. The summed E-state index contributed by atoms with van der Waals surface area (Å²) >= 11 is 5.16. The van der Waals surface area contributed by atoms with Gasteiger partial charge < -0.3 is 5.73 Å². The van der Waals surface area contributed by atoms with Crippen LogP contribution in [0.4, 0.5) is 5.95 Å². The third kappa shape index (κ3) is 1.68. The molecule has 1 saturated carbocycles. The van der Waals surface area contributed by atoms with Crippen LogP contribution in [-0.2, 0) is 0 Å². The van der Waals surface area contributed by atoms with Gasteiger partial charge in [-0.05, 0) is 31.0 Å². The van der Waals surface area contributed by atoms with Crippen LogP contribution in [-0.4, -0.2) is 14.8 Å². The molecule has 1 aromatic rings. The normalized spacial score (nSPS) is 27.8.